The van der Waals surface area contributed by atoms with Crippen molar-refractivity contribution in [3.63, 3.8) is 0 Å². The average molecular weight is 444 g/mol. The van der Waals surface area contributed by atoms with Crippen molar-refractivity contribution in [2.75, 3.05) is 5.75 Å². The molecule has 0 aliphatic rings. The molecule has 0 aliphatic heterocycles. The van der Waals surface area contributed by atoms with Crippen molar-refractivity contribution in [2.45, 2.75) is 11.3 Å². The minimum Gasteiger partial charge on any atom is -0.293 e. The van der Waals surface area contributed by atoms with Crippen LogP contribution in [0.5, 0.6) is 0 Å². The molecule has 0 radical (unpaired) electrons. The van der Waals surface area contributed by atoms with Crippen molar-refractivity contribution in [1.29, 1.82) is 0 Å². The third-order valence-electron chi connectivity index (χ3n) is 3.57. The van der Waals surface area contributed by atoms with Crippen molar-refractivity contribution >= 4 is 40.7 Å². The van der Waals surface area contributed by atoms with Crippen LogP contribution in [0.25, 0.3) is 11.3 Å². The van der Waals surface area contributed by atoms with Crippen LogP contribution in [0, 0.1) is 0 Å². The molecule has 0 saturated heterocycles. The number of Topliss-reactive ketones (excluding diaryl/α,β-unsaturated/α-hetero) is 1. The Bertz CT molecular complexity index is 996. The van der Waals surface area contributed by atoms with Crippen LogP contribution in [0.15, 0.2) is 54.1 Å². The molecule has 1 aromatic carbocycles. The molecule has 2 aromatic heterocycles. The lowest BCUT2D eigenvalue weighted by atomic mass is 10.1. The summed E-state index contributed by atoms with van der Waals surface area (Å²) in [5.74, 6) is 0.0158. The SMILES string of the molecule is O=C(CSc1ncc(-c2ncc(C(F)(F)F)cc2Cl)cn1)c1ccc(Cl)cc1. The van der Waals surface area contributed by atoms with Crippen molar-refractivity contribution in [2.24, 2.45) is 0 Å². The van der Waals surface area contributed by atoms with Crippen LogP contribution >= 0.6 is 35.0 Å². The molecule has 0 bridgehead atoms. The Labute approximate surface area is 172 Å². The largest absolute Gasteiger partial charge is 0.417 e. The number of aromatic nitrogens is 3. The van der Waals surface area contributed by atoms with E-state index >= 15 is 0 Å². The van der Waals surface area contributed by atoms with Crippen molar-refractivity contribution in [3.8, 4) is 11.3 Å². The van der Waals surface area contributed by atoms with E-state index in [-0.39, 0.29) is 22.3 Å². The molecule has 0 atom stereocenters. The number of thioether (sulfide) groups is 1. The standard InChI is InChI=1S/C18H10Cl2F3N3OS/c19-13-3-1-10(2-4-13)15(27)9-28-17-25-6-11(7-26-17)16-14(20)5-12(8-24-16)18(21,22)23/h1-8H,9H2. The van der Waals surface area contributed by atoms with Crippen LogP contribution in [0.4, 0.5) is 13.2 Å². The van der Waals surface area contributed by atoms with Gasteiger partial charge in [0.2, 0.25) is 0 Å². The van der Waals surface area contributed by atoms with E-state index in [0.29, 0.717) is 27.5 Å². The number of hydrogen-bond acceptors (Lipinski definition) is 5. The van der Waals surface area contributed by atoms with E-state index < -0.39 is 11.7 Å². The molecular formula is C18H10Cl2F3N3OS. The number of alkyl halides is 3. The van der Waals surface area contributed by atoms with Gasteiger partial charge in [-0.25, -0.2) is 9.97 Å². The van der Waals surface area contributed by atoms with Gasteiger partial charge in [-0.1, -0.05) is 35.0 Å². The number of pyridine rings is 1. The third kappa shape index (κ3) is 5.01. The smallest absolute Gasteiger partial charge is 0.293 e. The molecule has 0 amide bonds. The third-order valence-corrected chi connectivity index (χ3v) is 4.98. The molecule has 0 N–H and O–H groups in total. The molecule has 4 nitrogen and oxygen atoms in total. The summed E-state index contributed by atoms with van der Waals surface area (Å²) in [7, 11) is 0. The van der Waals surface area contributed by atoms with Gasteiger partial charge in [-0.15, -0.1) is 0 Å². The van der Waals surface area contributed by atoms with Crippen LogP contribution in [-0.2, 0) is 6.18 Å². The van der Waals surface area contributed by atoms with Gasteiger partial charge < -0.3 is 0 Å². The highest BCUT2D eigenvalue weighted by Crippen LogP contribution is 2.33. The highest BCUT2D eigenvalue weighted by molar-refractivity contribution is 7.99. The first-order valence-corrected chi connectivity index (χ1v) is 9.45. The van der Waals surface area contributed by atoms with Crippen molar-refractivity contribution in [1.82, 2.24) is 15.0 Å². The Morgan fingerprint density at radius 3 is 2.21 bits per heavy atom. The fourth-order valence-electron chi connectivity index (χ4n) is 2.17. The number of rotatable bonds is 5. The summed E-state index contributed by atoms with van der Waals surface area (Å²) < 4.78 is 38.1. The summed E-state index contributed by atoms with van der Waals surface area (Å²) in [5, 5.41) is 0.726. The zero-order chi connectivity index (χ0) is 20.3. The van der Waals surface area contributed by atoms with Gasteiger partial charge in [-0.2, -0.15) is 13.2 Å². The number of ketones is 1. The van der Waals surface area contributed by atoms with Gasteiger partial charge in [0.25, 0.3) is 0 Å². The second kappa shape index (κ2) is 8.46. The number of hydrogen-bond donors (Lipinski definition) is 0. The summed E-state index contributed by atoms with van der Waals surface area (Å²) >= 11 is 12.8. The summed E-state index contributed by atoms with van der Waals surface area (Å²) in [6.07, 6.45) is -1.04. The zero-order valence-electron chi connectivity index (χ0n) is 13.9. The predicted octanol–water partition coefficient (Wildman–Crippen LogP) is 5.84. The highest BCUT2D eigenvalue weighted by atomic mass is 35.5. The predicted molar refractivity (Wildman–Crippen MR) is 102 cm³/mol. The molecule has 2 heterocycles. The Hall–Kier alpha value is -2.16. The molecular weight excluding hydrogens is 434 g/mol. The first-order valence-electron chi connectivity index (χ1n) is 7.71. The van der Waals surface area contributed by atoms with Crippen LogP contribution in [0.1, 0.15) is 15.9 Å². The molecule has 0 saturated carbocycles. The first-order chi connectivity index (χ1) is 13.2. The average Bonchev–Trinajstić information content (AvgIpc) is 2.66. The molecule has 0 spiro atoms. The van der Waals surface area contributed by atoms with Gasteiger partial charge in [0.05, 0.1) is 22.0 Å². The number of carbonyl (C=O) groups excluding carboxylic acids is 1. The maximum atomic E-state index is 12.7. The zero-order valence-corrected chi connectivity index (χ0v) is 16.2. The maximum Gasteiger partial charge on any atom is 0.417 e. The fourth-order valence-corrected chi connectivity index (χ4v) is 3.25. The molecule has 0 aliphatic carbocycles. The van der Waals surface area contributed by atoms with E-state index in [9.17, 15) is 18.0 Å². The quantitative estimate of drug-likeness (QED) is 0.281. The summed E-state index contributed by atoms with van der Waals surface area (Å²) in [4.78, 5) is 24.1. The van der Waals surface area contributed by atoms with Gasteiger partial charge in [0.1, 0.15) is 0 Å². The summed E-state index contributed by atoms with van der Waals surface area (Å²) in [6.45, 7) is 0. The van der Waals surface area contributed by atoms with Gasteiger partial charge >= 0.3 is 6.18 Å². The number of carbonyl (C=O) groups is 1. The minimum atomic E-state index is -4.53. The molecule has 3 rings (SSSR count). The van der Waals surface area contributed by atoms with Gasteiger partial charge in [0.15, 0.2) is 10.9 Å². The van der Waals surface area contributed by atoms with E-state index in [2.05, 4.69) is 15.0 Å². The molecule has 10 heteroatoms. The number of benzene rings is 1. The fraction of sp³-hybridized carbons (Fsp3) is 0.111. The Kier molecular flexibility index (Phi) is 6.22. The molecule has 3 aromatic rings. The minimum absolute atomic E-state index is 0.109. The monoisotopic (exact) mass is 443 g/mol. The Morgan fingerprint density at radius 2 is 1.64 bits per heavy atom. The second-order valence-corrected chi connectivity index (χ2v) is 7.31. The van der Waals surface area contributed by atoms with Crippen molar-refractivity contribution in [3.05, 3.63) is 70.1 Å². The van der Waals surface area contributed by atoms with E-state index in [1.165, 1.54) is 12.4 Å². The van der Waals surface area contributed by atoms with Crippen LogP contribution in [-0.4, -0.2) is 26.5 Å². The lowest BCUT2D eigenvalue weighted by Gasteiger charge is -2.09. The van der Waals surface area contributed by atoms with E-state index in [1.807, 2.05) is 0 Å². The highest BCUT2D eigenvalue weighted by Gasteiger charge is 2.31. The second-order valence-electron chi connectivity index (χ2n) is 5.53. The Morgan fingerprint density at radius 1 is 1.00 bits per heavy atom. The van der Waals surface area contributed by atoms with Gasteiger partial charge in [0, 0.05) is 34.7 Å². The van der Waals surface area contributed by atoms with Crippen molar-refractivity contribution < 1.29 is 18.0 Å². The lowest BCUT2D eigenvalue weighted by molar-refractivity contribution is -0.137. The molecule has 0 fully saturated rings. The van der Waals surface area contributed by atoms with Crippen LogP contribution < -0.4 is 0 Å². The first kappa shape index (κ1) is 20.6. The molecule has 144 valence electrons. The Balaban J connectivity index is 1.68. The number of halogens is 5. The van der Waals surface area contributed by atoms with E-state index in [0.717, 1.165) is 17.8 Å². The van der Waals surface area contributed by atoms with E-state index in [4.69, 9.17) is 23.2 Å². The summed E-state index contributed by atoms with van der Waals surface area (Å²) in [6, 6.07) is 7.33. The van der Waals surface area contributed by atoms with Crippen LogP contribution in [0.3, 0.4) is 0 Å². The molecule has 28 heavy (non-hydrogen) atoms. The number of nitrogens with zero attached hydrogens (tertiary/aromatic N) is 3. The maximum absolute atomic E-state index is 12.7. The van der Waals surface area contributed by atoms with E-state index in [1.54, 1.807) is 24.3 Å². The normalized spacial score (nSPS) is 11.5. The molecule has 0 unspecified atom stereocenters. The lowest BCUT2D eigenvalue weighted by Crippen LogP contribution is -2.06. The van der Waals surface area contributed by atoms with Gasteiger partial charge in [-0.3, -0.25) is 9.78 Å². The van der Waals surface area contributed by atoms with Gasteiger partial charge in [-0.05, 0) is 30.3 Å². The van der Waals surface area contributed by atoms with Crippen LogP contribution in [0.2, 0.25) is 10.0 Å². The topological polar surface area (TPSA) is 55.7 Å². The summed E-state index contributed by atoms with van der Waals surface area (Å²) in [5.41, 5.74) is 0.0971.